The molecule has 1 atom stereocenters. The number of para-hydroxylation sites is 1. The average Bonchev–Trinajstić information content (AvgIpc) is 2.26. The number of nitrogens with one attached hydrogen (secondary N) is 1. The first kappa shape index (κ1) is 12.1. The molecular formula is C13H18N2O2. The maximum absolute atomic E-state index is 11.9. The zero-order valence-electron chi connectivity index (χ0n) is 10.2. The van der Waals surface area contributed by atoms with E-state index >= 15 is 0 Å². The monoisotopic (exact) mass is 234 g/mol. The lowest BCUT2D eigenvalue weighted by molar-refractivity contribution is -0.134. The highest BCUT2D eigenvalue weighted by atomic mass is 16.3. The molecule has 1 saturated heterocycles. The summed E-state index contributed by atoms with van der Waals surface area (Å²) in [5, 5.41) is 12.5. The molecule has 2 rings (SSSR count). The third-order valence-electron chi connectivity index (χ3n) is 3.06. The summed E-state index contributed by atoms with van der Waals surface area (Å²) in [6.07, 6.45) is 0. The standard InChI is InChI=1S/C13H18N2O2/c1-10(15-8-13(2,17)9-15)12(16)14-11-6-4-3-5-7-11/h3-7,10,17H,8-9H2,1-2H3,(H,14,16). The van der Waals surface area contributed by atoms with Crippen LogP contribution < -0.4 is 5.32 Å². The molecular weight excluding hydrogens is 216 g/mol. The van der Waals surface area contributed by atoms with E-state index < -0.39 is 5.60 Å². The Balaban J connectivity index is 1.89. The van der Waals surface area contributed by atoms with Gasteiger partial charge in [-0.25, -0.2) is 0 Å². The van der Waals surface area contributed by atoms with E-state index in [0.29, 0.717) is 13.1 Å². The Hall–Kier alpha value is -1.39. The predicted molar refractivity (Wildman–Crippen MR) is 66.7 cm³/mol. The molecule has 1 aromatic rings. The maximum atomic E-state index is 11.9. The molecule has 17 heavy (non-hydrogen) atoms. The molecule has 1 unspecified atom stereocenters. The van der Waals surface area contributed by atoms with Crippen molar-refractivity contribution in [2.24, 2.45) is 0 Å². The molecule has 0 bridgehead atoms. The fourth-order valence-electron chi connectivity index (χ4n) is 2.04. The van der Waals surface area contributed by atoms with Gasteiger partial charge in [0, 0.05) is 18.8 Å². The van der Waals surface area contributed by atoms with Crippen LogP contribution in [0.5, 0.6) is 0 Å². The fourth-order valence-corrected chi connectivity index (χ4v) is 2.04. The lowest BCUT2D eigenvalue weighted by Crippen LogP contribution is -2.64. The lowest BCUT2D eigenvalue weighted by Gasteiger charge is -2.46. The largest absolute Gasteiger partial charge is 0.388 e. The van der Waals surface area contributed by atoms with E-state index in [1.54, 1.807) is 6.92 Å². The van der Waals surface area contributed by atoms with Gasteiger partial charge in [-0.05, 0) is 26.0 Å². The van der Waals surface area contributed by atoms with Gasteiger partial charge in [0.2, 0.25) is 5.91 Å². The average molecular weight is 234 g/mol. The third-order valence-corrected chi connectivity index (χ3v) is 3.06. The fraction of sp³-hybridized carbons (Fsp3) is 0.462. The van der Waals surface area contributed by atoms with Crippen LogP contribution in [-0.2, 0) is 4.79 Å². The summed E-state index contributed by atoms with van der Waals surface area (Å²) in [7, 11) is 0. The number of amides is 1. The van der Waals surface area contributed by atoms with Crippen molar-refractivity contribution in [3.8, 4) is 0 Å². The Morgan fingerprint density at radius 1 is 1.41 bits per heavy atom. The molecule has 0 aromatic heterocycles. The second-order valence-corrected chi connectivity index (χ2v) is 4.93. The quantitative estimate of drug-likeness (QED) is 0.823. The zero-order valence-corrected chi connectivity index (χ0v) is 10.2. The highest BCUT2D eigenvalue weighted by molar-refractivity contribution is 5.94. The number of β-amino-alcohol motifs (C(OH)–C–C–N with tert-alkyl or cyclic N) is 1. The number of hydrogen-bond acceptors (Lipinski definition) is 3. The van der Waals surface area contributed by atoms with Crippen molar-refractivity contribution in [1.29, 1.82) is 0 Å². The Morgan fingerprint density at radius 3 is 2.53 bits per heavy atom. The van der Waals surface area contributed by atoms with Crippen LogP contribution in [0.1, 0.15) is 13.8 Å². The van der Waals surface area contributed by atoms with Gasteiger partial charge in [-0.15, -0.1) is 0 Å². The van der Waals surface area contributed by atoms with E-state index in [4.69, 9.17) is 0 Å². The number of aliphatic hydroxyl groups is 1. The third kappa shape index (κ3) is 2.84. The second kappa shape index (κ2) is 4.47. The molecule has 4 nitrogen and oxygen atoms in total. The normalized spacial score (nSPS) is 20.4. The summed E-state index contributed by atoms with van der Waals surface area (Å²) in [6.45, 7) is 4.74. The predicted octanol–water partition coefficient (Wildman–Crippen LogP) is 1.08. The summed E-state index contributed by atoms with van der Waals surface area (Å²) < 4.78 is 0. The highest BCUT2D eigenvalue weighted by Crippen LogP contribution is 2.22. The minimum absolute atomic E-state index is 0.0355. The van der Waals surface area contributed by atoms with E-state index in [-0.39, 0.29) is 11.9 Å². The minimum Gasteiger partial charge on any atom is -0.388 e. The minimum atomic E-state index is -0.638. The van der Waals surface area contributed by atoms with Gasteiger partial charge in [-0.3, -0.25) is 9.69 Å². The van der Waals surface area contributed by atoms with Crippen molar-refractivity contribution in [2.45, 2.75) is 25.5 Å². The van der Waals surface area contributed by atoms with Gasteiger partial charge in [-0.2, -0.15) is 0 Å². The summed E-state index contributed by atoms with van der Waals surface area (Å²) in [4.78, 5) is 13.9. The number of rotatable bonds is 3. The zero-order chi connectivity index (χ0) is 12.5. The van der Waals surface area contributed by atoms with Crippen molar-refractivity contribution in [2.75, 3.05) is 18.4 Å². The lowest BCUT2D eigenvalue weighted by atomic mass is 9.95. The number of carbonyl (C=O) groups is 1. The number of hydrogen-bond donors (Lipinski definition) is 2. The second-order valence-electron chi connectivity index (χ2n) is 4.93. The van der Waals surface area contributed by atoms with E-state index in [1.807, 2.05) is 42.2 Å². The van der Waals surface area contributed by atoms with Crippen LogP contribution in [0.4, 0.5) is 5.69 Å². The summed E-state index contributed by atoms with van der Waals surface area (Å²) in [5.41, 5.74) is 0.165. The topological polar surface area (TPSA) is 52.6 Å². The summed E-state index contributed by atoms with van der Waals surface area (Å²) in [5.74, 6) is -0.0355. The van der Waals surface area contributed by atoms with E-state index in [2.05, 4.69) is 5.32 Å². The van der Waals surface area contributed by atoms with Crippen molar-refractivity contribution in [3.05, 3.63) is 30.3 Å². The van der Waals surface area contributed by atoms with Crippen molar-refractivity contribution in [3.63, 3.8) is 0 Å². The molecule has 4 heteroatoms. The number of nitrogens with zero attached hydrogens (tertiary/aromatic N) is 1. The maximum Gasteiger partial charge on any atom is 0.241 e. The van der Waals surface area contributed by atoms with Crippen molar-refractivity contribution >= 4 is 11.6 Å². The molecule has 1 fully saturated rings. The van der Waals surface area contributed by atoms with E-state index in [0.717, 1.165) is 5.69 Å². The number of likely N-dealkylation sites (tertiary alicyclic amines) is 1. The van der Waals surface area contributed by atoms with Gasteiger partial charge in [-0.1, -0.05) is 18.2 Å². The van der Waals surface area contributed by atoms with Gasteiger partial charge >= 0.3 is 0 Å². The molecule has 1 amide bonds. The first-order valence-corrected chi connectivity index (χ1v) is 5.80. The van der Waals surface area contributed by atoms with Crippen LogP contribution in [0.25, 0.3) is 0 Å². The Kier molecular flexibility index (Phi) is 3.17. The Bertz CT molecular complexity index is 395. The number of benzene rings is 1. The van der Waals surface area contributed by atoms with E-state index in [1.165, 1.54) is 0 Å². The molecule has 1 aromatic carbocycles. The van der Waals surface area contributed by atoms with Crippen LogP contribution in [-0.4, -0.2) is 40.6 Å². The first-order valence-electron chi connectivity index (χ1n) is 5.80. The summed E-state index contributed by atoms with van der Waals surface area (Å²) >= 11 is 0. The van der Waals surface area contributed by atoms with Gasteiger partial charge in [0.25, 0.3) is 0 Å². The molecule has 0 spiro atoms. The molecule has 1 heterocycles. The number of anilines is 1. The smallest absolute Gasteiger partial charge is 0.241 e. The Labute approximate surface area is 101 Å². The van der Waals surface area contributed by atoms with Crippen LogP contribution in [0.3, 0.4) is 0 Å². The number of carbonyl (C=O) groups excluding carboxylic acids is 1. The van der Waals surface area contributed by atoms with Crippen LogP contribution in [0.2, 0.25) is 0 Å². The van der Waals surface area contributed by atoms with Gasteiger partial charge in [0.1, 0.15) is 0 Å². The highest BCUT2D eigenvalue weighted by Gasteiger charge is 2.40. The van der Waals surface area contributed by atoms with Gasteiger partial charge < -0.3 is 10.4 Å². The Morgan fingerprint density at radius 2 is 2.00 bits per heavy atom. The van der Waals surface area contributed by atoms with Crippen molar-refractivity contribution < 1.29 is 9.90 Å². The molecule has 0 radical (unpaired) electrons. The van der Waals surface area contributed by atoms with Crippen molar-refractivity contribution in [1.82, 2.24) is 4.90 Å². The summed E-state index contributed by atoms with van der Waals surface area (Å²) in [6, 6.07) is 9.18. The molecule has 1 aliphatic rings. The molecule has 1 aliphatic heterocycles. The molecule has 92 valence electrons. The molecule has 2 N–H and O–H groups in total. The van der Waals surface area contributed by atoms with Crippen LogP contribution in [0, 0.1) is 0 Å². The molecule has 0 saturated carbocycles. The van der Waals surface area contributed by atoms with E-state index in [9.17, 15) is 9.90 Å². The molecule has 0 aliphatic carbocycles. The van der Waals surface area contributed by atoms with Gasteiger partial charge in [0.05, 0.1) is 11.6 Å². The van der Waals surface area contributed by atoms with Crippen LogP contribution >= 0.6 is 0 Å². The van der Waals surface area contributed by atoms with Gasteiger partial charge in [0.15, 0.2) is 0 Å². The first-order chi connectivity index (χ1) is 7.98. The van der Waals surface area contributed by atoms with Crippen LogP contribution in [0.15, 0.2) is 30.3 Å². The SMILES string of the molecule is CC(C(=O)Nc1ccccc1)N1CC(C)(O)C1.